The van der Waals surface area contributed by atoms with E-state index in [-0.39, 0.29) is 0 Å². The molecule has 0 amide bonds. The molecule has 0 atom stereocenters. The van der Waals surface area contributed by atoms with Crippen molar-refractivity contribution in [2.75, 3.05) is 26.9 Å². The third-order valence-corrected chi connectivity index (χ3v) is 3.30. The summed E-state index contributed by atoms with van der Waals surface area (Å²) in [4.78, 5) is 2.27. The number of hydrogen-bond acceptors (Lipinski definition) is 3. The van der Waals surface area contributed by atoms with E-state index < -0.39 is 0 Å². The lowest BCUT2D eigenvalue weighted by molar-refractivity contribution is 0.0582. The second-order valence-corrected chi connectivity index (χ2v) is 4.49. The average molecular weight is 242 g/mol. The lowest BCUT2D eigenvalue weighted by Crippen LogP contribution is -2.32. The van der Waals surface area contributed by atoms with E-state index in [0.29, 0.717) is 6.73 Å². The zero-order chi connectivity index (χ0) is 12.8. The fourth-order valence-corrected chi connectivity index (χ4v) is 2.34. The van der Waals surface area contributed by atoms with Crippen molar-refractivity contribution in [1.29, 1.82) is 5.26 Å². The third-order valence-electron chi connectivity index (χ3n) is 3.30. The van der Waals surface area contributed by atoms with Gasteiger partial charge in [-0.2, -0.15) is 5.26 Å². The zero-order valence-corrected chi connectivity index (χ0v) is 10.7. The Hall–Kier alpha value is -1.63. The van der Waals surface area contributed by atoms with Crippen LogP contribution in [0.5, 0.6) is 0 Å². The predicted molar refractivity (Wildman–Crippen MR) is 71.7 cm³/mol. The fourth-order valence-electron chi connectivity index (χ4n) is 2.34. The van der Waals surface area contributed by atoms with Gasteiger partial charge in [0.1, 0.15) is 0 Å². The highest BCUT2D eigenvalue weighted by atomic mass is 16.5. The van der Waals surface area contributed by atoms with Crippen LogP contribution in [0.4, 0.5) is 0 Å². The normalized spacial score (nSPS) is 16.3. The van der Waals surface area contributed by atoms with Gasteiger partial charge in [-0.1, -0.05) is 30.3 Å². The zero-order valence-electron chi connectivity index (χ0n) is 10.7. The van der Waals surface area contributed by atoms with Gasteiger partial charge in [0.2, 0.25) is 0 Å². The van der Waals surface area contributed by atoms with Gasteiger partial charge >= 0.3 is 0 Å². The van der Waals surface area contributed by atoms with E-state index in [1.807, 2.05) is 30.3 Å². The highest BCUT2D eigenvalue weighted by Crippen LogP contribution is 2.26. The fraction of sp³-hybridized carbons (Fsp3) is 0.400. The molecule has 1 aliphatic rings. The Morgan fingerprint density at radius 2 is 1.94 bits per heavy atom. The molecular weight excluding hydrogens is 224 g/mol. The number of rotatable bonds is 3. The average Bonchev–Trinajstić information content (AvgIpc) is 2.43. The van der Waals surface area contributed by atoms with E-state index in [4.69, 9.17) is 4.74 Å². The van der Waals surface area contributed by atoms with Crippen LogP contribution in [-0.4, -0.2) is 31.8 Å². The van der Waals surface area contributed by atoms with Crippen molar-refractivity contribution in [3.05, 3.63) is 41.5 Å². The standard InChI is InChI=1S/C15H18N2O/c1-18-12-17-9-7-14(8-10-17)15(11-16)13-5-3-2-4-6-13/h2-6H,7-10,12H2,1H3. The Bertz CT molecular complexity index is 449. The van der Waals surface area contributed by atoms with E-state index >= 15 is 0 Å². The molecule has 1 fully saturated rings. The molecule has 0 spiro atoms. The lowest BCUT2D eigenvalue weighted by atomic mass is 9.94. The van der Waals surface area contributed by atoms with Crippen LogP contribution in [0.15, 0.2) is 35.9 Å². The van der Waals surface area contributed by atoms with Crippen molar-refractivity contribution < 1.29 is 4.74 Å². The van der Waals surface area contributed by atoms with Crippen LogP contribution in [0.2, 0.25) is 0 Å². The third kappa shape index (κ3) is 2.98. The van der Waals surface area contributed by atoms with E-state index in [1.165, 1.54) is 5.57 Å². The molecule has 2 rings (SSSR count). The summed E-state index contributed by atoms with van der Waals surface area (Å²) < 4.78 is 5.13. The molecule has 0 radical (unpaired) electrons. The minimum absolute atomic E-state index is 0.681. The molecule has 1 aromatic rings. The molecule has 3 heteroatoms. The lowest BCUT2D eigenvalue weighted by Gasteiger charge is -2.28. The maximum Gasteiger partial charge on any atom is 0.0997 e. The molecule has 0 aliphatic carbocycles. The molecule has 0 unspecified atom stereocenters. The molecule has 94 valence electrons. The topological polar surface area (TPSA) is 36.3 Å². The van der Waals surface area contributed by atoms with Crippen LogP contribution < -0.4 is 0 Å². The van der Waals surface area contributed by atoms with Crippen LogP contribution in [0.25, 0.3) is 5.57 Å². The monoisotopic (exact) mass is 242 g/mol. The molecule has 1 aliphatic heterocycles. The van der Waals surface area contributed by atoms with E-state index in [2.05, 4.69) is 11.0 Å². The van der Waals surface area contributed by atoms with Gasteiger partial charge in [-0.05, 0) is 24.0 Å². The van der Waals surface area contributed by atoms with Gasteiger partial charge in [0.15, 0.2) is 0 Å². The van der Waals surface area contributed by atoms with Crippen LogP contribution in [0.3, 0.4) is 0 Å². The Morgan fingerprint density at radius 1 is 1.28 bits per heavy atom. The first-order valence-electron chi connectivity index (χ1n) is 6.24. The summed E-state index contributed by atoms with van der Waals surface area (Å²) in [6.45, 7) is 2.63. The quantitative estimate of drug-likeness (QED) is 0.764. The van der Waals surface area contributed by atoms with Crippen molar-refractivity contribution in [2.45, 2.75) is 12.8 Å². The molecule has 18 heavy (non-hydrogen) atoms. The number of nitriles is 1. The SMILES string of the molecule is COCN1CCC(=C(C#N)c2ccccc2)CC1. The number of methoxy groups -OCH3 is 1. The molecule has 1 aromatic carbocycles. The minimum Gasteiger partial charge on any atom is -0.369 e. The second-order valence-electron chi connectivity index (χ2n) is 4.49. The van der Waals surface area contributed by atoms with Crippen LogP contribution in [0.1, 0.15) is 18.4 Å². The summed E-state index contributed by atoms with van der Waals surface area (Å²) >= 11 is 0. The van der Waals surface area contributed by atoms with Gasteiger partial charge in [-0.15, -0.1) is 0 Å². The predicted octanol–water partition coefficient (Wildman–Crippen LogP) is 2.66. The summed E-state index contributed by atoms with van der Waals surface area (Å²) in [6.07, 6.45) is 1.92. The van der Waals surface area contributed by atoms with Crippen molar-refractivity contribution in [3.8, 4) is 6.07 Å². The van der Waals surface area contributed by atoms with E-state index in [9.17, 15) is 5.26 Å². The van der Waals surface area contributed by atoms with Gasteiger partial charge in [0.05, 0.1) is 18.4 Å². The van der Waals surface area contributed by atoms with Gasteiger partial charge in [0.25, 0.3) is 0 Å². The maximum absolute atomic E-state index is 9.35. The van der Waals surface area contributed by atoms with Gasteiger partial charge in [-0.25, -0.2) is 0 Å². The molecule has 0 N–H and O–H groups in total. The van der Waals surface area contributed by atoms with E-state index in [0.717, 1.165) is 37.1 Å². The number of piperidine rings is 1. The van der Waals surface area contributed by atoms with Crippen molar-refractivity contribution >= 4 is 5.57 Å². The van der Waals surface area contributed by atoms with Gasteiger partial charge in [0, 0.05) is 20.2 Å². The summed E-state index contributed by atoms with van der Waals surface area (Å²) in [5.41, 5.74) is 3.17. The number of benzene rings is 1. The molecule has 0 aromatic heterocycles. The first kappa shape index (κ1) is 12.8. The Kier molecular flexibility index (Phi) is 4.52. The second kappa shape index (κ2) is 6.34. The van der Waals surface area contributed by atoms with Crippen LogP contribution in [0, 0.1) is 11.3 Å². The van der Waals surface area contributed by atoms with Gasteiger partial charge in [-0.3, -0.25) is 4.90 Å². The molecule has 3 nitrogen and oxygen atoms in total. The number of allylic oxidation sites excluding steroid dienone is 1. The Balaban J connectivity index is 2.14. The molecule has 1 saturated heterocycles. The molecule has 0 bridgehead atoms. The molecule has 0 saturated carbocycles. The Labute approximate surface area is 108 Å². The number of hydrogen-bond donors (Lipinski definition) is 0. The van der Waals surface area contributed by atoms with Gasteiger partial charge < -0.3 is 4.74 Å². The Morgan fingerprint density at radius 3 is 2.50 bits per heavy atom. The highest BCUT2D eigenvalue weighted by molar-refractivity contribution is 5.79. The van der Waals surface area contributed by atoms with Crippen molar-refractivity contribution in [3.63, 3.8) is 0 Å². The van der Waals surface area contributed by atoms with Crippen LogP contribution in [-0.2, 0) is 4.74 Å². The molecular formula is C15H18N2O. The number of nitrogens with zero attached hydrogens (tertiary/aromatic N) is 2. The van der Waals surface area contributed by atoms with Crippen molar-refractivity contribution in [2.24, 2.45) is 0 Å². The largest absolute Gasteiger partial charge is 0.369 e. The van der Waals surface area contributed by atoms with Crippen molar-refractivity contribution in [1.82, 2.24) is 4.90 Å². The smallest absolute Gasteiger partial charge is 0.0997 e. The first-order valence-corrected chi connectivity index (χ1v) is 6.24. The maximum atomic E-state index is 9.35. The molecule has 1 heterocycles. The summed E-state index contributed by atoms with van der Waals surface area (Å²) in [6, 6.07) is 12.3. The van der Waals surface area contributed by atoms with Crippen LogP contribution >= 0.6 is 0 Å². The number of likely N-dealkylation sites (tertiary alicyclic amines) is 1. The summed E-state index contributed by atoms with van der Waals surface area (Å²) in [5, 5.41) is 9.35. The summed E-state index contributed by atoms with van der Waals surface area (Å²) in [7, 11) is 1.72. The van der Waals surface area contributed by atoms with E-state index in [1.54, 1.807) is 7.11 Å². The number of ether oxygens (including phenoxy) is 1. The highest BCUT2D eigenvalue weighted by Gasteiger charge is 2.17. The first-order chi connectivity index (χ1) is 8.85. The summed E-state index contributed by atoms with van der Waals surface area (Å²) in [5.74, 6) is 0. The minimum atomic E-state index is 0.681.